The van der Waals surface area contributed by atoms with Crippen molar-refractivity contribution in [2.45, 2.75) is 39.2 Å². The number of nitrogens with zero attached hydrogens (tertiary/aromatic N) is 2. The van der Waals surface area contributed by atoms with Crippen LogP contribution in [-0.2, 0) is 6.54 Å². The Kier molecular flexibility index (Phi) is 4.83. The van der Waals surface area contributed by atoms with Crippen LogP contribution >= 0.6 is 0 Å². The molecule has 1 fully saturated rings. The molecular formula is C16H24N2O. The number of urea groups is 1. The highest BCUT2D eigenvalue weighted by Gasteiger charge is 2.19. The topological polar surface area (TPSA) is 23.6 Å². The van der Waals surface area contributed by atoms with E-state index in [0.717, 1.165) is 25.9 Å². The lowest BCUT2D eigenvalue weighted by Crippen LogP contribution is -2.41. The molecule has 1 aromatic carbocycles. The summed E-state index contributed by atoms with van der Waals surface area (Å²) in [5.41, 5.74) is 2.44. The minimum atomic E-state index is 0.170. The Morgan fingerprint density at radius 3 is 2.53 bits per heavy atom. The first kappa shape index (κ1) is 13.9. The van der Waals surface area contributed by atoms with Crippen molar-refractivity contribution in [1.82, 2.24) is 9.80 Å². The summed E-state index contributed by atoms with van der Waals surface area (Å²) >= 11 is 0. The molecule has 1 saturated heterocycles. The van der Waals surface area contributed by atoms with Gasteiger partial charge in [-0.25, -0.2) is 4.79 Å². The average Bonchev–Trinajstić information content (AvgIpc) is 2.66. The van der Waals surface area contributed by atoms with Gasteiger partial charge in [-0.3, -0.25) is 0 Å². The lowest BCUT2D eigenvalue weighted by atomic mass is 10.1. The van der Waals surface area contributed by atoms with Crippen LogP contribution in [0.3, 0.4) is 0 Å². The van der Waals surface area contributed by atoms with Gasteiger partial charge in [0.25, 0.3) is 0 Å². The number of carbonyl (C=O) groups excluding carboxylic acids is 1. The summed E-state index contributed by atoms with van der Waals surface area (Å²) in [6.45, 7) is 4.60. The fourth-order valence-corrected chi connectivity index (χ4v) is 2.66. The Hall–Kier alpha value is -1.51. The number of carbonyl (C=O) groups is 1. The summed E-state index contributed by atoms with van der Waals surface area (Å²) in [5, 5.41) is 0. The van der Waals surface area contributed by atoms with Gasteiger partial charge in [0.05, 0.1) is 0 Å². The van der Waals surface area contributed by atoms with Gasteiger partial charge >= 0.3 is 6.03 Å². The van der Waals surface area contributed by atoms with E-state index in [4.69, 9.17) is 0 Å². The highest BCUT2D eigenvalue weighted by atomic mass is 16.2. The zero-order valence-corrected chi connectivity index (χ0v) is 12.1. The Morgan fingerprint density at radius 2 is 1.89 bits per heavy atom. The zero-order chi connectivity index (χ0) is 13.7. The van der Waals surface area contributed by atoms with E-state index < -0.39 is 0 Å². The van der Waals surface area contributed by atoms with Gasteiger partial charge in [-0.05, 0) is 25.3 Å². The molecule has 0 bridgehead atoms. The molecule has 2 rings (SSSR count). The van der Waals surface area contributed by atoms with Crippen LogP contribution in [0.1, 0.15) is 36.8 Å². The minimum absolute atomic E-state index is 0.170. The van der Waals surface area contributed by atoms with Crippen LogP contribution in [0, 0.1) is 6.92 Å². The molecule has 1 heterocycles. The van der Waals surface area contributed by atoms with Crippen molar-refractivity contribution in [1.29, 1.82) is 0 Å². The Balaban J connectivity index is 1.94. The van der Waals surface area contributed by atoms with Gasteiger partial charge in [0, 0.05) is 26.7 Å². The number of likely N-dealkylation sites (tertiary alicyclic amines) is 1. The van der Waals surface area contributed by atoms with Crippen molar-refractivity contribution in [2.24, 2.45) is 0 Å². The third kappa shape index (κ3) is 3.98. The molecule has 19 heavy (non-hydrogen) atoms. The summed E-state index contributed by atoms with van der Waals surface area (Å²) in [4.78, 5) is 16.2. The summed E-state index contributed by atoms with van der Waals surface area (Å²) in [7, 11) is 1.90. The molecule has 0 radical (unpaired) electrons. The summed E-state index contributed by atoms with van der Waals surface area (Å²) in [6, 6.07) is 8.53. The van der Waals surface area contributed by atoms with Gasteiger partial charge in [-0.15, -0.1) is 0 Å². The second-order valence-electron chi connectivity index (χ2n) is 5.53. The van der Waals surface area contributed by atoms with Gasteiger partial charge in [0.15, 0.2) is 0 Å². The van der Waals surface area contributed by atoms with Crippen molar-refractivity contribution in [2.75, 3.05) is 20.1 Å². The number of rotatable bonds is 2. The van der Waals surface area contributed by atoms with Crippen LogP contribution in [0.2, 0.25) is 0 Å². The van der Waals surface area contributed by atoms with Gasteiger partial charge in [0.1, 0.15) is 0 Å². The van der Waals surface area contributed by atoms with Crippen LogP contribution in [0.25, 0.3) is 0 Å². The molecule has 3 heteroatoms. The van der Waals surface area contributed by atoms with E-state index >= 15 is 0 Å². The van der Waals surface area contributed by atoms with Gasteiger partial charge in [-0.1, -0.05) is 42.7 Å². The molecule has 104 valence electrons. The largest absolute Gasteiger partial charge is 0.325 e. The van der Waals surface area contributed by atoms with Crippen molar-refractivity contribution in [3.05, 3.63) is 35.4 Å². The first-order valence-corrected chi connectivity index (χ1v) is 7.22. The van der Waals surface area contributed by atoms with Crippen LogP contribution in [0.4, 0.5) is 4.79 Å². The monoisotopic (exact) mass is 260 g/mol. The Labute approximate surface area is 116 Å². The van der Waals surface area contributed by atoms with E-state index in [1.54, 1.807) is 0 Å². The highest BCUT2D eigenvalue weighted by Crippen LogP contribution is 2.13. The third-order valence-corrected chi connectivity index (χ3v) is 3.71. The quantitative estimate of drug-likeness (QED) is 0.799. The number of amides is 2. The Morgan fingerprint density at radius 1 is 1.21 bits per heavy atom. The van der Waals surface area contributed by atoms with Gasteiger partial charge in [0.2, 0.25) is 0 Å². The number of hydrogen-bond acceptors (Lipinski definition) is 1. The normalized spacial score (nSPS) is 16.0. The van der Waals surface area contributed by atoms with Crippen LogP contribution in [0.15, 0.2) is 24.3 Å². The second kappa shape index (κ2) is 6.60. The van der Waals surface area contributed by atoms with Crippen LogP contribution < -0.4 is 0 Å². The molecule has 0 N–H and O–H groups in total. The molecule has 3 nitrogen and oxygen atoms in total. The molecular weight excluding hydrogens is 236 g/mol. The fourth-order valence-electron chi connectivity index (χ4n) is 2.66. The molecule has 1 aliphatic heterocycles. The molecule has 0 spiro atoms. The first-order chi connectivity index (χ1) is 9.16. The lowest BCUT2D eigenvalue weighted by molar-refractivity contribution is 0.162. The average molecular weight is 260 g/mol. The predicted octanol–water partition coefficient (Wildman–Crippen LogP) is 3.42. The maximum absolute atomic E-state index is 12.4. The first-order valence-electron chi connectivity index (χ1n) is 7.22. The number of benzene rings is 1. The number of hydrogen-bond donors (Lipinski definition) is 0. The molecule has 0 aliphatic carbocycles. The van der Waals surface area contributed by atoms with E-state index in [9.17, 15) is 4.79 Å². The van der Waals surface area contributed by atoms with E-state index in [1.165, 1.54) is 24.0 Å². The van der Waals surface area contributed by atoms with Crippen LogP contribution in [-0.4, -0.2) is 36.0 Å². The van der Waals surface area contributed by atoms with E-state index in [2.05, 4.69) is 31.2 Å². The van der Waals surface area contributed by atoms with Crippen molar-refractivity contribution < 1.29 is 4.79 Å². The van der Waals surface area contributed by atoms with Gasteiger partial charge < -0.3 is 9.80 Å². The van der Waals surface area contributed by atoms with E-state index in [1.807, 2.05) is 16.8 Å². The van der Waals surface area contributed by atoms with E-state index in [0.29, 0.717) is 6.54 Å². The minimum Gasteiger partial charge on any atom is -0.325 e. The summed E-state index contributed by atoms with van der Waals surface area (Å²) < 4.78 is 0. The maximum atomic E-state index is 12.4. The zero-order valence-electron chi connectivity index (χ0n) is 12.1. The van der Waals surface area contributed by atoms with Crippen molar-refractivity contribution in [3.63, 3.8) is 0 Å². The smallest absolute Gasteiger partial charge is 0.320 e. The Bertz CT molecular complexity index is 423. The second-order valence-corrected chi connectivity index (χ2v) is 5.53. The van der Waals surface area contributed by atoms with E-state index in [-0.39, 0.29) is 6.03 Å². The SMILES string of the molecule is Cc1cccc(CN(C)C(=O)N2CCCCCC2)c1. The third-order valence-electron chi connectivity index (χ3n) is 3.71. The predicted molar refractivity (Wildman–Crippen MR) is 78.1 cm³/mol. The molecule has 0 aromatic heterocycles. The molecule has 0 unspecified atom stereocenters. The summed E-state index contributed by atoms with van der Waals surface area (Å²) in [6.07, 6.45) is 4.80. The lowest BCUT2D eigenvalue weighted by Gasteiger charge is -2.27. The molecule has 0 atom stereocenters. The van der Waals surface area contributed by atoms with Gasteiger partial charge in [-0.2, -0.15) is 0 Å². The highest BCUT2D eigenvalue weighted by molar-refractivity contribution is 5.74. The van der Waals surface area contributed by atoms with Crippen LogP contribution in [0.5, 0.6) is 0 Å². The summed E-state index contributed by atoms with van der Waals surface area (Å²) in [5.74, 6) is 0. The van der Waals surface area contributed by atoms with Crippen molar-refractivity contribution in [3.8, 4) is 0 Å². The molecule has 1 aromatic rings. The molecule has 2 amide bonds. The molecule has 0 saturated carbocycles. The molecule has 1 aliphatic rings. The fraction of sp³-hybridized carbons (Fsp3) is 0.562. The standard InChI is InChI=1S/C16H24N2O/c1-14-8-7-9-15(12-14)13-17(2)16(19)18-10-5-3-4-6-11-18/h7-9,12H,3-6,10-11,13H2,1-2H3. The number of aryl methyl sites for hydroxylation is 1. The maximum Gasteiger partial charge on any atom is 0.320 e. The van der Waals surface area contributed by atoms with Crippen molar-refractivity contribution >= 4 is 6.03 Å².